The molecule has 1 heterocycles. The second kappa shape index (κ2) is 6.86. The number of methoxy groups -OCH3 is 1. The molecule has 1 aliphatic rings. The first-order chi connectivity index (χ1) is 9.93. The predicted octanol–water partition coefficient (Wildman–Crippen LogP) is 3.20. The van der Waals surface area contributed by atoms with E-state index in [9.17, 15) is 4.79 Å². The van der Waals surface area contributed by atoms with E-state index in [0.717, 1.165) is 19.4 Å². The Morgan fingerprint density at radius 3 is 2.71 bits per heavy atom. The summed E-state index contributed by atoms with van der Waals surface area (Å²) >= 11 is 12.0. The van der Waals surface area contributed by atoms with Gasteiger partial charge in [-0.3, -0.25) is 4.79 Å². The number of halogens is 2. The SMILES string of the molecule is COc1cc(Cl)c(Cl)cc1C(=O)N1CCC[C@@H]([C@@H](C)N)C1. The molecule has 0 unspecified atom stereocenters. The topological polar surface area (TPSA) is 55.6 Å². The fourth-order valence-corrected chi connectivity index (χ4v) is 2.98. The number of nitrogens with zero attached hydrogens (tertiary/aromatic N) is 1. The van der Waals surface area contributed by atoms with Gasteiger partial charge in [0, 0.05) is 25.2 Å². The van der Waals surface area contributed by atoms with Crippen LogP contribution in [0.4, 0.5) is 0 Å². The van der Waals surface area contributed by atoms with Crippen molar-refractivity contribution in [2.75, 3.05) is 20.2 Å². The molecular formula is C15H20Cl2N2O2. The smallest absolute Gasteiger partial charge is 0.257 e. The Morgan fingerprint density at radius 1 is 1.43 bits per heavy atom. The Hall–Kier alpha value is -0.970. The van der Waals surface area contributed by atoms with Gasteiger partial charge < -0.3 is 15.4 Å². The van der Waals surface area contributed by atoms with E-state index in [-0.39, 0.29) is 11.9 Å². The van der Waals surface area contributed by atoms with Gasteiger partial charge in [-0.1, -0.05) is 23.2 Å². The largest absolute Gasteiger partial charge is 0.496 e. The number of carbonyl (C=O) groups is 1. The lowest BCUT2D eigenvalue weighted by atomic mass is 9.92. The second-order valence-corrected chi connectivity index (χ2v) is 6.29. The third kappa shape index (κ3) is 3.62. The van der Waals surface area contributed by atoms with Crippen molar-refractivity contribution in [3.63, 3.8) is 0 Å². The van der Waals surface area contributed by atoms with E-state index in [0.29, 0.717) is 33.8 Å². The fourth-order valence-electron chi connectivity index (χ4n) is 2.66. The summed E-state index contributed by atoms with van der Waals surface area (Å²) in [5.41, 5.74) is 6.41. The quantitative estimate of drug-likeness (QED) is 0.925. The van der Waals surface area contributed by atoms with Crippen molar-refractivity contribution in [3.05, 3.63) is 27.7 Å². The van der Waals surface area contributed by atoms with Gasteiger partial charge in [-0.15, -0.1) is 0 Å². The Labute approximate surface area is 135 Å². The number of hydrogen-bond acceptors (Lipinski definition) is 3. The zero-order valence-electron chi connectivity index (χ0n) is 12.2. The monoisotopic (exact) mass is 330 g/mol. The van der Waals surface area contributed by atoms with Crippen LogP contribution in [0.1, 0.15) is 30.1 Å². The fraction of sp³-hybridized carbons (Fsp3) is 0.533. The highest BCUT2D eigenvalue weighted by atomic mass is 35.5. The summed E-state index contributed by atoms with van der Waals surface area (Å²) in [7, 11) is 1.51. The number of nitrogens with two attached hydrogens (primary N) is 1. The predicted molar refractivity (Wildman–Crippen MR) is 85.3 cm³/mol. The van der Waals surface area contributed by atoms with Crippen molar-refractivity contribution in [2.45, 2.75) is 25.8 Å². The average Bonchev–Trinajstić information content (AvgIpc) is 2.48. The highest BCUT2D eigenvalue weighted by Crippen LogP contribution is 2.32. The van der Waals surface area contributed by atoms with Crippen LogP contribution in [-0.2, 0) is 0 Å². The maximum absolute atomic E-state index is 12.7. The van der Waals surface area contributed by atoms with Gasteiger partial charge in [-0.05, 0) is 31.7 Å². The van der Waals surface area contributed by atoms with Gasteiger partial charge in [-0.25, -0.2) is 0 Å². The van der Waals surface area contributed by atoms with Crippen LogP contribution < -0.4 is 10.5 Å². The number of rotatable bonds is 3. The molecule has 0 aromatic heterocycles. The third-order valence-electron chi connectivity index (χ3n) is 3.96. The minimum Gasteiger partial charge on any atom is -0.496 e. The molecule has 0 radical (unpaired) electrons. The molecular weight excluding hydrogens is 311 g/mol. The number of amides is 1. The molecule has 0 bridgehead atoms. The van der Waals surface area contributed by atoms with E-state index >= 15 is 0 Å². The van der Waals surface area contributed by atoms with Gasteiger partial charge in [0.25, 0.3) is 5.91 Å². The van der Waals surface area contributed by atoms with Gasteiger partial charge in [0.1, 0.15) is 5.75 Å². The van der Waals surface area contributed by atoms with Crippen molar-refractivity contribution in [3.8, 4) is 5.75 Å². The Morgan fingerprint density at radius 2 is 2.10 bits per heavy atom. The summed E-state index contributed by atoms with van der Waals surface area (Å²) in [6.07, 6.45) is 2.02. The van der Waals surface area contributed by atoms with Crippen LogP contribution in [-0.4, -0.2) is 37.0 Å². The Balaban J connectivity index is 2.25. The highest BCUT2D eigenvalue weighted by Gasteiger charge is 2.28. The van der Waals surface area contributed by atoms with Crippen LogP contribution >= 0.6 is 23.2 Å². The second-order valence-electron chi connectivity index (χ2n) is 5.48. The highest BCUT2D eigenvalue weighted by molar-refractivity contribution is 6.42. The summed E-state index contributed by atoms with van der Waals surface area (Å²) in [6, 6.07) is 3.22. The van der Waals surface area contributed by atoms with Gasteiger partial charge in [-0.2, -0.15) is 0 Å². The Kier molecular flexibility index (Phi) is 5.36. The summed E-state index contributed by atoms with van der Waals surface area (Å²) in [6.45, 7) is 3.38. The number of benzene rings is 1. The van der Waals surface area contributed by atoms with Crippen molar-refractivity contribution < 1.29 is 9.53 Å². The number of ether oxygens (including phenoxy) is 1. The van der Waals surface area contributed by atoms with Gasteiger partial charge in [0.05, 0.1) is 22.7 Å². The summed E-state index contributed by atoms with van der Waals surface area (Å²) < 4.78 is 5.25. The number of hydrogen-bond donors (Lipinski definition) is 1. The molecule has 0 saturated carbocycles. The zero-order chi connectivity index (χ0) is 15.6. The van der Waals surface area contributed by atoms with Crippen LogP contribution in [0.2, 0.25) is 10.0 Å². The molecule has 0 aliphatic carbocycles. The van der Waals surface area contributed by atoms with E-state index in [1.807, 2.05) is 11.8 Å². The molecule has 1 saturated heterocycles. The molecule has 1 aliphatic heterocycles. The lowest BCUT2D eigenvalue weighted by molar-refractivity contribution is 0.0657. The van der Waals surface area contributed by atoms with Gasteiger partial charge >= 0.3 is 0 Å². The maximum atomic E-state index is 12.7. The number of likely N-dealkylation sites (tertiary alicyclic amines) is 1. The van der Waals surface area contributed by atoms with Crippen molar-refractivity contribution in [1.82, 2.24) is 4.90 Å². The van der Waals surface area contributed by atoms with E-state index in [2.05, 4.69) is 0 Å². The van der Waals surface area contributed by atoms with E-state index < -0.39 is 0 Å². The minimum atomic E-state index is -0.0873. The molecule has 0 spiro atoms. The molecule has 2 N–H and O–H groups in total. The molecule has 1 amide bonds. The van der Waals surface area contributed by atoms with Crippen LogP contribution in [0.5, 0.6) is 5.75 Å². The number of carbonyl (C=O) groups excluding carboxylic acids is 1. The molecule has 1 aromatic rings. The van der Waals surface area contributed by atoms with E-state index in [4.69, 9.17) is 33.7 Å². The summed E-state index contributed by atoms with van der Waals surface area (Å²) in [5, 5.41) is 0.721. The van der Waals surface area contributed by atoms with Gasteiger partial charge in [0.2, 0.25) is 0 Å². The van der Waals surface area contributed by atoms with Crippen molar-refractivity contribution in [2.24, 2.45) is 11.7 Å². The van der Waals surface area contributed by atoms with Crippen LogP contribution in [0.15, 0.2) is 12.1 Å². The molecule has 1 aromatic carbocycles. The first-order valence-electron chi connectivity index (χ1n) is 7.02. The molecule has 116 valence electrons. The maximum Gasteiger partial charge on any atom is 0.257 e. The first kappa shape index (κ1) is 16.4. The van der Waals surface area contributed by atoms with Crippen LogP contribution in [0, 0.1) is 5.92 Å². The minimum absolute atomic E-state index is 0.0799. The standard InChI is InChI=1S/C15H20Cl2N2O2/c1-9(18)10-4-3-5-19(8-10)15(20)11-6-12(16)13(17)7-14(11)21-2/h6-7,9-10H,3-5,8,18H2,1-2H3/t9-,10-/m1/s1. The third-order valence-corrected chi connectivity index (χ3v) is 4.68. The molecule has 21 heavy (non-hydrogen) atoms. The Bertz CT molecular complexity index is 535. The normalized spacial score (nSPS) is 20.2. The molecule has 4 nitrogen and oxygen atoms in total. The van der Waals surface area contributed by atoms with Crippen LogP contribution in [0.25, 0.3) is 0 Å². The molecule has 6 heteroatoms. The lowest BCUT2D eigenvalue weighted by Gasteiger charge is -2.35. The summed E-state index contributed by atoms with van der Waals surface area (Å²) in [5.74, 6) is 0.685. The van der Waals surface area contributed by atoms with Crippen molar-refractivity contribution >= 4 is 29.1 Å². The summed E-state index contributed by atoms with van der Waals surface area (Å²) in [4.78, 5) is 14.5. The van der Waals surface area contributed by atoms with Crippen molar-refractivity contribution in [1.29, 1.82) is 0 Å². The van der Waals surface area contributed by atoms with Crippen LogP contribution in [0.3, 0.4) is 0 Å². The lowest BCUT2D eigenvalue weighted by Crippen LogP contribution is -2.45. The zero-order valence-corrected chi connectivity index (χ0v) is 13.7. The first-order valence-corrected chi connectivity index (χ1v) is 7.77. The molecule has 1 fully saturated rings. The number of piperidine rings is 1. The van der Waals surface area contributed by atoms with E-state index in [1.54, 1.807) is 12.1 Å². The van der Waals surface area contributed by atoms with Gasteiger partial charge in [0.15, 0.2) is 0 Å². The molecule has 2 atom stereocenters. The van der Waals surface area contributed by atoms with E-state index in [1.165, 1.54) is 7.11 Å². The molecule has 2 rings (SSSR count). The average molecular weight is 331 g/mol.